The van der Waals surface area contributed by atoms with Crippen LogP contribution in [0, 0.1) is 0 Å². The maximum Gasteiger partial charge on any atom is 0.307 e. The quantitative estimate of drug-likeness (QED) is 0.445. The highest BCUT2D eigenvalue weighted by atomic mass is 35.5. The molecule has 0 saturated carbocycles. The second-order valence-corrected chi connectivity index (χ2v) is 7.45. The number of aromatic nitrogens is 1. The molecule has 1 heterocycles. The zero-order chi connectivity index (χ0) is 20.4. The summed E-state index contributed by atoms with van der Waals surface area (Å²) in [5.74, 6) is -0.820. The summed E-state index contributed by atoms with van der Waals surface area (Å²) < 4.78 is 2.11. The molecule has 29 heavy (non-hydrogen) atoms. The van der Waals surface area contributed by atoms with Crippen LogP contribution in [0.4, 0.5) is 11.4 Å². The topological polar surface area (TPSA) is 45.5 Å². The van der Waals surface area contributed by atoms with Crippen molar-refractivity contribution in [3.8, 4) is 0 Å². The summed E-state index contributed by atoms with van der Waals surface area (Å²) in [5, 5.41) is 10.9. The Bertz CT molecular complexity index is 1170. The van der Waals surface area contributed by atoms with Gasteiger partial charge >= 0.3 is 5.97 Å². The highest BCUT2D eigenvalue weighted by Crippen LogP contribution is 2.30. The van der Waals surface area contributed by atoms with E-state index < -0.39 is 5.97 Å². The van der Waals surface area contributed by atoms with E-state index in [0.29, 0.717) is 11.6 Å². The van der Waals surface area contributed by atoms with Gasteiger partial charge in [-0.15, -0.1) is 0 Å². The Labute approximate surface area is 174 Å². The van der Waals surface area contributed by atoms with Crippen LogP contribution in [0.1, 0.15) is 11.1 Å². The Balaban J connectivity index is 1.60. The van der Waals surface area contributed by atoms with Crippen LogP contribution in [0.2, 0.25) is 5.02 Å². The van der Waals surface area contributed by atoms with Gasteiger partial charge in [0.1, 0.15) is 0 Å². The van der Waals surface area contributed by atoms with Gasteiger partial charge in [0.25, 0.3) is 0 Å². The van der Waals surface area contributed by atoms with Gasteiger partial charge in [0, 0.05) is 36.4 Å². The van der Waals surface area contributed by atoms with Crippen LogP contribution in [0.25, 0.3) is 10.9 Å². The molecule has 4 nitrogen and oxygen atoms in total. The number of para-hydroxylation sites is 2. The summed E-state index contributed by atoms with van der Waals surface area (Å²) in [4.78, 5) is 13.3. The molecule has 3 aromatic carbocycles. The number of benzene rings is 3. The van der Waals surface area contributed by atoms with Gasteiger partial charge < -0.3 is 14.6 Å². The van der Waals surface area contributed by atoms with E-state index in [1.807, 2.05) is 61.8 Å². The number of aliphatic carboxylic acids is 1. The van der Waals surface area contributed by atoms with Crippen molar-refractivity contribution in [3.05, 3.63) is 95.1 Å². The lowest BCUT2D eigenvalue weighted by molar-refractivity contribution is -0.136. The normalized spacial score (nSPS) is 11.0. The van der Waals surface area contributed by atoms with Crippen LogP contribution in [-0.2, 0) is 17.8 Å². The molecule has 0 atom stereocenters. The lowest BCUT2D eigenvalue weighted by Gasteiger charge is -2.21. The summed E-state index contributed by atoms with van der Waals surface area (Å²) in [5.41, 5.74) is 5.02. The Morgan fingerprint density at radius 3 is 2.41 bits per heavy atom. The maximum atomic E-state index is 11.2. The van der Waals surface area contributed by atoms with Crippen LogP contribution < -0.4 is 4.90 Å². The predicted molar refractivity (Wildman–Crippen MR) is 118 cm³/mol. The number of carboxylic acid groups (broad SMARTS) is 1. The molecule has 146 valence electrons. The number of hydrogen-bond acceptors (Lipinski definition) is 2. The predicted octanol–water partition coefficient (Wildman–Crippen LogP) is 5.74. The minimum absolute atomic E-state index is 0.0229. The minimum atomic E-state index is -0.820. The highest BCUT2D eigenvalue weighted by Gasteiger charge is 2.12. The molecule has 0 aliphatic heterocycles. The third-order valence-electron chi connectivity index (χ3n) is 5.10. The van der Waals surface area contributed by atoms with Crippen molar-refractivity contribution in [2.75, 3.05) is 11.9 Å². The Kier molecular flexibility index (Phi) is 5.28. The van der Waals surface area contributed by atoms with Crippen molar-refractivity contribution >= 4 is 39.8 Å². The lowest BCUT2D eigenvalue weighted by atomic mass is 10.1. The molecule has 5 heteroatoms. The molecule has 1 N–H and O–H groups in total. The number of nitrogens with zero attached hydrogens (tertiary/aromatic N) is 2. The second kappa shape index (κ2) is 8.02. The van der Waals surface area contributed by atoms with Gasteiger partial charge in [-0.3, -0.25) is 4.79 Å². The molecule has 0 spiro atoms. The van der Waals surface area contributed by atoms with Crippen molar-refractivity contribution in [3.63, 3.8) is 0 Å². The molecule has 0 bridgehead atoms. The number of carboxylic acids is 1. The third kappa shape index (κ3) is 3.98. The molecule has 4 rings (SSSR count). The van der Waals surface area contributed by atoms with Crippen LogP contribution in [0.5, 0.6) is 0 Å². The number of anilines is 2. The first-order chi connectivity index (χ1) is 14.0. The van der Waals surface area contributed by atoms with E-state index >= 15 is 0 Å². The fraction of sp³-hybridized carbons (Fsp3) is 0.125. The maximum absolute atomic E-state index is 11.2. The van der Waals surface area contributed by atoms with E-state index in [1.165, 1.54) is 0 Å². The standard InChI is InChI=1S/C24H21ClN2O2/c1-26(23-9-5-3-7-21(23)25)19-12-10-17(11-13-19)15-27-16-18(14-24(28)29)20-6-2-4-8-22(20)27/h2-13,16H,14-15H2,1H3,(H,28,29). The number of fused-ring (bicyclic) bond motifs is 1. The average molecular weight is 405 g/mol. The second-order valence-electron chi connectivity index (χ2n) is 7.05. The largest absolute Gasteiger partial charge is 0.481 e. The first-order valence-electron chi connectivity index (χ1n) is 9.38. The van der Waals surface area contributed by atoms with Crippen molar-refractivity contribution in [2.45, 2.75) is 13.0 Å². The summed E-state index contributed by atoms with van der Waals surface area (Å²) in [6, 6.07) is 24.0. The first-order valence-corrected chi connectivity index (χ1v) is 9.76. The molecule has 0 aliphatic rings. The van der Waals surface area contributed by atoms with Crippen molar-refractivity contribution in [1.29, 1.82) is 0 Å². The number of rotatable bonds is 6. The van der Waals surface area contributed by atoms with Gasteiger partial charge in [0.15, 0.2) is 0 Å². The van der Waals surface area contributed by atoms with Gasteiger partial charge in [0.2, 0.25) is 0 Å². The van der Waals surface area contributed by atoms with Crippen LogP contribution in [0.15, 0.2) is 79.0 Å². The van der Waals surface area contributed by atoms with E-state index in [1.54, 1.807) is 0 Å². The summed E-state index contributed by atoms with van der Waals surface area (Å²) in [6.07, 6.45) is 1.97. The molecule has 4 aromatic rings. The third-order valence-corrected chi connectivity index (χ3v) is 5.42. The number of carbonyl (C=O) groups is 1. The molecule has 0 amide bonds. The van der Waals surface area contributed by atoms with Crippen molar-refractivity contribution in [2.24, 2.45) is 0 Å². The summed E-state index contributed by atoms with van der Waals surface area (Å²) >= 11 is 6.31. The Hall–Kier alpha value is -3.24. The van der Waals surface area contributed by atoms with Crippen molar-refractivity contribution < 1.29 is 9.90 Å². The van der Waals surface area contributed by atoms with E-state index in [9.17, 15) is 9.90 Å². The average Bonchev–Trinajstić information content (AvgIpc) is 3.05. The molecule has 0 aliphatic carbocycles. The molecular weight excluding hydrogens is 384 g/mol. The number of halogens is 1. The van der Waals surface area contributed by atoms with Gasteiger partial charge in [0.05, 0.1) is 17.1 Å². The summed E-state index contributed by atoms with van der Waals surface area (Å²) in [7, 11) is 1.99. The van der Waals surface area contributed by atoms with E-state index in [0.717, 1.165) is 33.4 Å². The fourth-order valence-electron chi connectivity index (χ4n) is 3.64. The Morgan fingerprint density at radius 2 is 1.69 bits per heavy atom. The number of hydrogen-bond donors (Lipinski definition) is 1. The SMILES string of the molecule is CN(c1ccc(Cn2cc(CC(=O)O)c3ccccc32)cc1)c1ccccc1Cl. The van der Waals surface area contributed by atoms with Gasteiger partial charge in [-0.05, 0) is 41.5 Å². The minimum Gasteiger partial charge on any atom is -0.481 e. The van der Waals surface area contributed by atoms with Gasteiger partial charge in [-0.2, -0.15) is 0 Å². The Morgan fingerprint density at radius 1 is 1.00 bits per heavy atom. The highest BCUT2D eigenvalue weighted by molar-refractivity contribution is 6.33. The van der Waals surface area contributed by atoms with Crippen LogP contribution in [0.3, 0.4) is 0 Å². The van der Waals surface area contributed by atoms with E-state index in [-0.39, 0.29) is 6.42 Å². The zero-order valence-corrected chi connectivity index (χ0v) is 16.8. The van der Waals surface area contributed by atoms with E-state index in [2.05, 4.69) is 33.7 Å². The monoisotopic (exact) mass is 404 g/mol. The molecular formula is C24H21ClN2O2. The molecule has 0 saturated heterocycles. The smallest absolute Gasteiger partial charge is 0.307 e. The molecule has 0 radical (unpaired) electrons. The molecule has 1 aromatic heterocycles. The fourth-order valence-corrected chi connectivity index (χ4v) is 3.90. The molecule has 0 fully saturated rings. The first kappa shape index (κ1) is 19.1. The zero-order valence-electron chi connectivity index (χ0n) is 16.0. The van der Waals surface area contributed by atoms with Gasteiger partial charge in [-0.1, -0.05) is 54.1 Å². The van der Waals surface area contributed by atoms with Gasteiger partial charge in [-0.25, -0.2) is 0 Å². The lowest BCUT2D eigenvalue weighted by Crippen LogP contribution is -2.10. The van der Waals surface area contributed by atoms with Crippen LogP contribution >= 0.6 is 11.6 Å². The van der Waals surface area contributed by atoms with Crippen molar-refractivity contribution in [1.82, 2.24) is 4.57 Å². The van der Waals surface area contributed by atoms with E-state index in [4.69, 9.17) is 11.6 Å². The van der Waals surface area contributed by atoms with Crippen LogP contribution in [-0.4, -0.2) is 22.7 Å². The molecule has 0 unspecified atom stereocenters. The summed E-state index contributed by atoms with van der Waals surface area (Å²) in [6.45, 7) is 0.677.